The van der Waals surface area contributed by atoms with Crippen LogP contribution in [-0.2, 0) is 20.8 Å². The molecule has 0 spiro atoms. The number of fused-ring (bicyclic) bond motifs is 1. The van der Waals surface area contributed by atoms with Crippen LogP contribution in [-0.4, -0.2) is 36.8 Å². The van der Waals surface area contributed by atoms with Crippen molar-refractivity contribution < 1.29 is 19.1 Å². The summed E-state index contributed by atoms with van der Waals surface area (Å²) < 4.78 is 13.2. The van der Waals surface area contributed by atoms with E-state index >= 15 is 0 Å². The summed E-state index contributed by atoms with van der Waals surface area (Å²) in [6.45, 7) is 3.25. The standard InChI is InChI=1S/C20H26N2O4S/c1-3-26-19(24)15-8-9-16-17(13-15)27-20(22(16)10-11-25-2)21-18(23)12-14-6-4-5-7-14/h8-9,13-14H,3-7,10-12H2,1-2H3. The van der Waals surface area contributed by atoms with Gasteiger partial charge in [0, 0.05) is 20.1 Å². The van der Waals surface area contributed by atoms with Gasteiger partial charge < -0.3 is 14.0 Å². The van der Waals surface area contributed by atoms with Gasteiger partial charge in [0.25, 0.3) is 0 Å². The molecule has 1 aromatic carbocycles. The lowest BCUT2D eigenvalue weighted by Crippen LogP contribution is -2.19. The summed E-state index contributed by atoms with van der Waals surface area (Å²) in [6, 6.07) is 5.44. The van der Waals surface area contributed by atoms with Crippen molar-refractivity contribution in [3.05, 3.63) is 28.6 Å². The highest BCUT2D eigenvalue weighted by Gasteiger charge is 2.19. The van der Waals surface area contributed by atoms with Crippen LogP contribution in [0.1, 0.15) is 49.4 Å². The number of methoxy groups -OCH3 is 1. The van der Waals surface area contributed by atoms with Crippen molar-refractivity contribution in [1.82, 2.24) is 4.57 Å². The molecule has 1 aliphatic carbocycles. The predicted octanol–water partition coefficient (Wildman–Crippen LogP) is 3.53. The zero-order chi connectivity index (χ0) is 19.2. The molecule has 1 aliphatic rings. The lowest BCUT2D eigenvalue weighted by atomic mass is 10.0. The normalized spacial score (nSPS) is 15.6. The van der Waals surface area contributed by atoms with Crippen LogP contribution in [0.4, 0.5) is 0 Å². The first-order chi connectivity index (χ1) is 13.1. The van der Waals surface area contributed by atoms with E-state index in [2.05, 4.69) is 4.99 Å². The van der Waals surface area contributed by atoms with E-state index in [1.165, 1.54) is 24.2 Å². The van der Waals surface area contributed by atoms with Crippen molar-refractivity contribution in [3.63, 3.8) is 0 Å². The molecule has 27 heavy (non-hydrogen) atoms. The number of thiazole rings is 1. The van der Waals surface area contributed by atoms with Crippen LogP contribution in [0, 0.1) is 5.92 Å². The number of esters is 1. The molecule has 1 saturated carbocycles. The lowest BCUT2D eigenvalue weighted by Gasteiger charge is -2.06. The Kier molecular flexibility index (Phi) is 6.79. The SMILES string of the molecule is CCOC(=O)c1ccc2c(c1)sc(=NC(=O)CC1CCCC1)n2CCOC. The van der Waals surface area contributed by atoms with E-state index in [1.54, 1.807) is 20.1 Å². The molecule has 0 bridgehead atoms. The molecule has 6 nitrogen and oxygen atoms in total. The number of aromatic nitrogens is 1. The molecule has 3 rings (SSSR count). The maximum Gasteiger partial charge on any atom is 0.338 e. The zero-order valence-electron chi connectivity index (χ0n) is 15.9. The van der Waals surface area contributed by atoms with Gasteiger partial charge in [-0.3, -0.25) is 4.79 Å². The molecule has 1 heterocycles. The molecule has 0 aliphatic heterocycles. The van der Waals surface area contributed by atoms with E-state index in [-0.39, 0.29) is 11.9 Å². The number of carbonyl (C=O) groups is 2. The van der Waals surface area contributed by atoms with Gasteiger partial charge in [0.15, 0.2) is 4.80 Å². The summed E-state index contributed by atoms with van der Waals surface area (Å²) in [4.78, 5) is 29.5. The number of carbonyl (C=O) groups excluding carboxylic acids is 2. The van der Waals surface area contributed by atoms with Gasteiger partial charge in [-0.25, -0.2) is 4.79 Å². The van der Waals surface area contributed by atoms with Crippen molar-refractivity contribution in [2.45, 2.75) is 45.6 Å². The van der Waals surface area contributed by atoms with Gasteiger partial charge in [-0.2, -0.15) is 4.99 Å². The molecule has 0 saturated heterocycles. The molecule has 2 aromatic rings. The number of hydrogen-bond acceptors (Lipinski definition) is 5. The van der Waals surface area contributed by atoms with E-state index in [9.17, 15) is 9.59 Å². The summed E-state index contributed by atoms with van der Waals surface area (Å²) >= 11 is 1.42. The van der Waals surface area contributed by atoms with Crippen molar-refractivity contribution in [3.8, 4) is 0 Å². The van der Waals surface area contributed by atoms with Crippen LogP contribution >= 0.6 is 11.3 Å². The summed E-state index contributed by atoms with van der Waals surface area (Å²) in [5.41, 5.74) is 1.45. The highest BCUT2D eigenvalue weighted by atomic mass is 32.1. The molecular formula is C20H26N2O4S. The number of benzene rings is 1. The topological polar surface area (TPSA) is 69.9 Å². The second kappa shape index (κ2) is 9.28. The van der Waals surface area contributed by atoms with Crippen molar-refractivity contribution in [2.75, 3.05) is 20.3 Å². The minimum Gasteiger partial charge on any atom is -0.462 e. The maximum atomic E-state index is 12.5. The third kappa shape index (κ3) is 4.84. The first-order valence-corrected chi connectivity index (χ1v) is 10.3. The quantitative estimate of drug-likeness (QED) is 0.678. The van der Waals surface area contributed by atoms with Gasteiger partial charge in [-0.15, -0.1) is 0 Å². The lowest BCUT2D eigenvalue weighted by molar-refractivity contribution is -0.118. The third-order valence-electron chi connectivity index (χ3n) is 4.87. The first-order valence-electron chi connectivity index (χ1n) is 9.49. The van der Waals surface area contributed by atoms with Crippen LogP contribution in [0.2, 0.25) is 0 Å². The fourth-order valence-corrected chi connectivity index (χ4v) is 4.63. The van der Waals surface area contributed by atoms with Crippen LogP contribution in [0.15, 0.2) is 23.2 Å². The molecule has 7 heteroatoms. The van der Waals surface area contributed by atoms with Crippen LogP contribution < -0.4 is 4.80 Å². The van der Waals surface area contributed by atoms with Crippen LogP contribution in [0.3, 0.4) is 0 Å². The van der Waals surface area contributed by atoms with Crippen LogP contribution in [0.25, 0.3) is 10.2 Å². The number of rotatable bonds is 7. The highest BCUT2D eigenvalue weighted by molar-refractivity contribution is 7.16. The Hall–Kier alpha value is -1.99. The molecule has 1 amide bonds. The molecule has 1 fully saturated rings. The van der Waals surface area contributed by atoms with Gasteiger partial charge in [0.05, 0.1) is 29.0 Å². The first kappa shape index (κ1) is 19.8. The number of amides is 1. The molecular weight excluding hydrogens is 364 g/mol. The van der Waals surface area contributed by atoms with Crippen molar-refractivity contribution in [2.24, 2.45) is 10.9 Å². The Morgan fingerprint density at radius 2 is 2.07 bits per heavy atom. The van der Waals surface area contributed by atoms with E-state index in [1.807, 2.05) is 16.7 Å². The maximum absolute atomic E-state index is 12.5. The van der Waals surface area contributed by atoms with Gasteiger partial charge in [0.2, 0.25) is 5.91 Å². The predicted molar refractivity (Wildman–Crippen MR) is 105 cm³/mol. The summed E-state index contributed by atoms with van der Waals surface area (Å²) in [7, 11) is 1.65. The average Bonchev–Trinajstić information content (AvgIpc) is 3.27. The fourth-order valence-electron chi connectivity index (χ4n) is 3.51. The second-order valence-corrected chi connectivity index (χ2v) is 7.80. The minimum atomic E-state index is -0.341. The number of nitrogens with zero attached hydrogens (tertiary/aromatic N) is 2. The van der Waals surface area contributed by atoms with E-state index in [0.29, 0.717) is 42.5 Å². The monoisotopic (exact) mass is 390 g/mol. The molecule has 146 valence electrons. The van der Waals surface area contributed by atoms with E-state index in [4.69, 9.17) is 9.47 Å². The smallest absolute Gasteiger partial charge is 0.338 e. The van der Waals surface area contributed by atoms with Crippen molar-refractivity contribution in [1.29, 1.82) is 0 Å². The van der Waals surface area contributed by atoms with Gasteiger partial charge in [-0.05, 0) is 43.9 Å². The Labute approximate surface area is 162 Å². The van der Waals surface area contributed by atoms with Gasteiger partial charge in [0.1, 0.15) is 0 Å². The largest absolute Gasteiger partial charge is 0.462 e. The minimum absolute atomic E-state index is 0.0646. The molecule has 0 N–H and O–H groups in total. The summed E-state index contributed by atoms with van der Waals surface area (Å²) in [6.07, 6.45) is 5.20. The average molecular weight is 391 g/mol. The van der Waals surface area contributed by atoms with E-state index < -0.39 is 0 Å². The summed E-state index contributed by atoms with van der Waals surface area (Å²) in [5, 5.41) is 0. The van der Waals surface area contributed by atoms with Crippen LogP contribution in [0.5, 0.6) is 0 Å². The zero-order valence-corrected chi connectivity index (χ0v) is 16.7. The molecule has 1 aromatic heterocycles. The third-order valence-corrected chi connectivity index (χ3v) is 5.91. The second-order valence-electron chi connectivity index (χ2n) is 6.79. The van der Waals surface area contributed by atoms with Gasteiger partial charge in [-0.1, -0.05) is 24.2 Å². The molecule has 0 radical (unpaired) electrons. The number of hydrogen-bond donors (Lipinski definition) is 0. The van der Waals surface area contributed by atoms with Gasteiger partial charge >= 0.3 is 5.97 Å². The highest BCUT2D eigenvalue weighted by Crippen LogP contribution is 2.27. The van der Waals surface area contributed by atoms with E-state index in [0.717, 1.165) is 23.1 Å². The Morgan fingerprint density at radius 3 is 2.78 bits per heavy atom. The Bertz CT molecular complexity index is 878. The Morgan fingerprint density at radius 1 is 1.30 bits per heavy atom. The molecule has 0 unspecified atom stereocenters. The fraction of sp³-hybridized carbons (Fsp3) is 0.550. The molecule has 0 atom stereocenters. The Balaban J connectivity index is 1.94. The van der Waals surface area contributed by atoms with Crippen molar-refractivity contribution >= 4 is 33.4 Å². The number of ether oxygens (including phenoxy) is 2. The summed E-state index contributed by atoms with van der Waals surface area (Å²) in [5.74, 6) is 0.0655.